The minimum Gasteiger partial charge on any atom is -0.309 e. The molecule has 1 saturated heterocycles. The first-order chi connectivity index (χ1) is 9.34. The van der Waals surface area contributed by atoms with Crippen LogP contribution in [-0.4, -0.2) is 29.6 Å². The molecular weight excluding hydrogens is 251 g/mol. The molecule has 1 aromatic carbocycles. The van der Waals surface area contributed by atoms with E-state index in [0.717, 1.165) is 37.2 Å². The number of rotatable bonds is 3. The van der Waals surface area contributed by atoms with Crippen LogP contribution in [0.15, 0.2) is 12.1 Å². The molecule has 2 unspecified atom stereocenters. The third-order valence-corrected chi connectivity index (χ3v) is 4.66. The fourth-order valence-corrected chi connectivity index (χ4v) is 2.99. The maximum Gasteiger partial charge on any atom is 0.129 e. The Balaban J connectivity index is 2.16. The summed E-state index contributed by atoms with van der Waals surface area (Å²) in [6.07, 6.45) is 1.12. The van der Waals surface area contributed by atoms with Crippen LogP contribution in [-0.2, 0) is 6.54 Å². The standard InChI is InChI=1S/C17H27FN2/c1-6-17(5)11-20(14(4)9-19-17)10-15-7-12(2)16(18)13(3)8-15/h7-8,14,19H,6,9-11H2,1-5H3. The topological polar surface area (TPSA) is 15.3 Å². The van der Waals surface area contributed by atoms with Crippen LogP contribution < -0.4 is 5.32 Å². The maximum absolute atomic E-state index is 13.7. The molecule has 1 aliphatic rings. The summed E-state index contributed by atoms with van der Waals surface area (Å²) >= 11 is 0. The average Bonchev–Trinajstić information content (AvgIpc) is 2.40. The normalized spacial score (nSPS) is 27.8. The minimum atomic E-state index is -0.0690. The molecular formula is C17H27FN2. The lowest BCUT2D eigenvalue weighted by Gasteiger charge is -2.45. The van der Waals surface area contributed by atoms with Crippen LogP contribution in [0.25, 0.3) is 0 Å². The van der Waals surface area contributed by atoms with Crippen LogP contribution in [0.1, 0.15) is 43.9 Å². The smallest absolute Gasteiger partial charge is 0.129 e. The van der Waals surface area contributed by atoms with Gasteiger partial charge in [0.05, 0.1) is 0 Å². The van der Waals surface area contributed by atoms with E-state index in [4.69, 9.17) is 0 Å². The average molecular weight is 278 g/mol. The summed E-state index contributed by atoms with van der Waals surface area (Å²) in [6.45, 7) is 13.4. The third kappa shape index (κ3) is 3.21. The highest BCUT2D eigenvalue weighted by atomic mass is 19.1. The molecule has 2 atom stereocenters. The van der Waals surface area contributed by atoms with Gasteiger partial charge in [-0.15, -0.1) is 0 Å². The molecule has 1 aromatic rings. The molecule has 0 aliphatic carbocycles. The van der Waals surface area contributed by atoms with E-state index in [-0.39, 0.29) is 11.4 Å². The molecule has 0 bridgehead atoms. The highest BCUT2D eigenvalue weighted by Gasteiger charge is 2.32. The highest BCUT2D eigenvalue weighted by Crippen LogP contribution is 2.22. The first-order valence-corrected chi connectivity index (χ1v) is 7.59. The molecule has 1 N–H and O–H groups in total. The molecule has 0 saturated carbocycles. The molecule has 112 valence electrons. The van der Waals surface area contributed by atoms with Crippen LogP contribution in [0.5, 0.6) is 0 Å². The number of piperazine rings is 1. The third-order valence-electron chi connectivity index (χ3n) is 4.66. The number of hydrogen-bond acceptors (Lipinski definition) is 2. The fourth-order valence-electron chi connectivity index (χ4n) is 2.99. The van der Waals surface area contributed by atoms with E-state index in [1.807, 2.05) is 26.0 Å². The molecule has 20 heavy (non-hydrogen) atoms. The molecule has 2 nitrogen and oxygen atoms in total. The predicted molar refractivity (Wildman–Crippen MR) is 82.4 cm³/mol. The monoisotopic (exact) mass is 278 g/mol. The predicted octanol–water partition coefficient (Wildman–Crippen LogP) is 3.40. The summed E-state index contributed by atoms with van der Waals surface area (Å²) in [5.74, 6) is -0.0690. The van der Waals surface area contributed by atoms with E-state index in [2.05, 4.69) is 31.0 Å². The lowest BCUT2D eigenvalue weighted by molar-refractivity contribution is 0.0865. The Morgan fingerprint density at radius 2 is 1.95 bits per heavy atom. The molecule has 0 radical (unpaired) electrons. The van der Waals surface area contributed by atoms with Crippen LogP contribution >= 0.6 is 0 Å². The Morgan fingerprint density at radius 3 is 2.50 bits per heavy atom. The van der Waals surface area contributed by atoms with Crippen molar-refractivity contribution in [3.63, 3.8) is 0 Å². The van der Waals surface area contributed by atoms with E-state index in [9.17, 15) is 4.39 Å². The van der Waals surface area contributed by atoms with Gasteiger partial charge in [-0.1, -0.05) is 19.1 Å². The van der Waals surface area contributed by atoms with Crippen molar-refractivity contribution in [2.45, 2.75) is 59.2 Å². The summed E-state index contributed by atoms with van der Waals surface area (Å²) in [5, 5.41) is 3.64. The second-order valence-corrected chi connectivity index (χ2v) is 6.59. The van der Waals surface area contributed by atoms with Gasteiger partial charge in [0.2, 0.25) is 0 Å². The van der Waals surface area contributed by atoms with Gasteiger partial charge in [0, 0.05) is 31.2 Å². The van der Waals surface area contributed by atoms with Gasteiger partial charge in [0.15, 0.2) is 0 Å². The molecule has 0 spiro atoms. The lowest BCUT2D eigenvalue weighted by atomic mass is 9.93. The SMILES string of the molecule is CCC1(C)CN(Cc2cc(C)c(F)c(C)c2)C(C)CN1. The van der Waals surface area contributed by atoms with Crippen molar-refractivity contribution in [1.29, 1.82) is 0 Å². The summed E-state index contributed by atoms with van der Waals surface area (Å²) in [5.41, 5.74) is 2.91. The molecule has 1 heterocycles. The second kappa shape index (κ2) is 5.82. The van der Waals surface area contributed by atoms with Crippen molar-refractivity contribution < 1.29 is 4.39 Å². The number of nitrogens with one attached hydrogen (secondary N) is 1. The quantitative estimate of drug-likeness (QED) is 0.911. The Kier molecular flexibility index (Phi) is 4.50. The van der Waals surface area contributed by atoms with Gasteiger partial charge in [-0.05, 0) is 50.8 Å². The maximum atomic E-state index is 13.7. The molecule has 0 amide bonds. The zero-order valence-electron chi connectivity index (χ0n) is 13.4. The molecule has 1 aliphatic heterocycles. The number of nitrogens with zero attached hydrogens (tertiary/aromatic N) is 1. The van der Waals surface area contributed by atoms with Crippen molar-refractivity contribution in [2.24, 2.45) is 0 Å². The van der Waals surface area contributed by atoms with E-state index in [1.54, 1.807) is 0 Å². The van der Waals surface area contributed by atoms with Gasteiger partial charge in [0.25, 0.3) is 0 Å². The summed E-state index contributed by atoms with van der Waals surface area (Å²) < 4.78 is 13.7. The number of halogens is 1. The van der Waals surface area contributed by atoms with Gasteiger partial charge in [0.1, 0.15) is 5.82 Å². The van der Waals surface area contributed by atoms with Crippen molar-refractivity contribution in [3.05, 3.63) is 34.6 Å². The van der Waals surface area contributed by atoms with Gasteiger partial charge >= 0.3 is 0 Å². The first-order valence-electron chi connectivity index (χ1n) is 7.59. The zero-order valence-corrected chi connectivity index (χ0v) is 13.4. The number of aryl methyl sites for hydroxylation is 2. The van der Waals surface area contributed by atoms with Gasteiger partial charge in [-0.25, -0.2) is 4.39 Å². The highest BCUT2D eigenvalue weighted by molar-refractivity contribution is 5.30. The summed E-state index contributed by atoms with van der Waals surface area (Å²) in [6, 6.07) is 4.49. The van der Waals surface area contributed by atoms with Crippen LogP contribution in [0.2, 0.25) is 0 Å². The fraction of sp³-hybridized carbons (Fsp3) is 0.647. The molecule has 0 aromatic heterocycles. The summed E-state index contributed by atoms with van der Waals surface area (Å²) in [4.78, 5) is 2.51. The van der Waals surface area contributed by atoms with Crippen molar-refractivity contribution in [2.75, 3.05) is 13.1 Å². The molecule has 3 heteroatoms. The number of hydrogen-bond donors (Lipinski definition) is 1. The van der Waals surface area contributed by atoms with Crippen LogP contribution in [0.4, 0.5) is 4.39 Å². The first kappa shape index (κ1) is 15.5. The second-order valence-electron chi connectivity index (χ2n) is 6.59. The van der Waals surface area contributed by atoms with E-state index < -0.39 is 0 Å². The minimum absolute atomic E-state index is 0.0690. The summed E-state index contributed by atoms with van der Waals surface area (Å²) in [7, 11) is 0. The Morgan fingerprint density at radius 1 is 1.35 bits per heavy atom. The van der Waals surface area contributed by atoms with Crippen molar-refractivity contribution >= 4 is 0 Å². The molecule has 1 fully saturated rings. The van der Waals surface area contributed by atoms with E-state index in [1.165, 1.54) is 5.56 Å². The van der Waals surface area contributed by atoms with Gasteiger partial charge in [-0.2, -0.15) is 0 Å². The largest absolute Gasteiger partial charge is 0.309 e. The van der Waals surface area contributed by atoms with Crippen LogP contribution in [0, 0.1) is 19.7 Å². The Bertz CT molecular complexity index is 463. The Hall–Kier alpha value is -0.930. The van der Waals surface area contributed by atoms with E-state index in [0.29, 0.717) is 6.04 Å². The van der Waals surface area contributed by atoms with Crippen molar-refractivity contribution in [3.8, 4) is 0 Å². The van der Waals surface area contributed by atoms with Crippen molar-refractivity contribution in [1.82, 2.24) is 10.2 Å². The van der Waals surface area contributed by atoms with Crippen LogP contribution in [0.3, 0.4) is 0 Å². The lowest BCUT2D eigenvalue weighted by Crippen LogP contribution is -2.61. The number of benzene rings is 1. The van der Waals surface area contributed by atoms with Gasteiger partial charge < -0.3 is 5.32 Å². The molecule has 2 rings (SSSR count). The van der Waals surface area contributed by atoms with E-state index >= 15 is 0 Å². The Labute approximate surface area is 122 Å². The zero-order chi connectivity index (χ0) is 14.9. The van der Waals surface area contributed by atoms with Gasteiger partial charge in [-0.3, -0.25) is 4.90 Å².